The van der Waals surface area contributed by atoms with Crippen LogP contribution in [0.4, 0.5) is 0 Å². The molecule has 0 rings (SSSR count). The smallest absolute Gasteiger partial charge is 0.323 e. The first-order chi connectivity index (χ1) is 46.2. The molecule has 0 aliphatic carbocycles. The second-order valence-corrected chi connectivity index (χ2v) is 23.0. The highest BCUT2D eigenvalue weighted by Gasteiger charge is 2.37. The molecule has 0 saturated carbocycles. The van der Waals surface area contributed by atoms with Crippen LogP contribution in [0, 0.1) is 5.41 Å². The molecule has 0 aliphatic heterocycles. The number of amides is 3. The van der Waals surface area contributed by atoms with E-state index in [1.807, 2.05) is 0 Å². The first-order valence-corrected chi connectivity index (χ1v) is 30.7. The van der Waals surface area contributed by atoms with Crippen molar-refractivity contribution in [2.24, 2.45) is 5.41 Å². The van der Waals surface area contributed by atoms with E-state index in [1.165, 1.54) is 43.2 Å². The summed E-state index contributed by atoms with van der Waals surface area (Å²) >= 11 is 0. The van der Waals surface area contributed by atoms with Gasteiger partial charge in [0.15, 0.2) is 0 Å². The molecule has 39 nitrogen and oxygen atoms in total. The van der Waals surface area contributed by atoms with Gasteiger partial charge in [0, 0.05) is 110 Å². The molecule has 0 bridgehead atoms. The van der Waals surface area contributed by atoms with Crippen LogP contribution in [0.15, 0.2) is 0 Å². The van der Waals surface area contributed by atoms with Crippen molar-refractivity contribution < 1.29 is 129 Å². The molecule has 0 aromatic carbocycles. The number of rotatable bonds is 54. The number of carbonyl (C=O) groups is 15. The Labute approximate surface area is 569 Å². The van der Waals surface area contributed by atoms with E-state index in [1.54, 1.807) is 16.7 Å². The van der Waals surface area contributed by atoms with E-state index < -0.39 is 152 Å². The first-order valence-electron chi connectivity index (χ1n) is 30.7. The largest absolute Gasteiger partial charge is 0.480 e. The molecule has 0 aromatic heterocycles. The van der Waals surface area contributed by atoms with E-state index in [4.69, 9.17) is 47.4 Å². The molecular weight excluding hydrogens is 1310 g/mol. The van der Waals surface area contributed by atoms with Crippen LogP contribution in [0.2, 0.25) is 0 Å². The molecule has 39 heteroatoms. The molecule has 2 unspecified atom stereocenters. The van der Waals surface area contributed by atoms with Gasteiger partial charge in [0.25, 0.3) is 0 Å². The molecule has 0 heterocycles. The quantitative estimate of drug-likeness (QED) is 0.0187. The van der Waals surface area contributed by atoms with E-state index in [0.717, 1.165) is 71.1 Å². The minimum Gasteiger partial charge on any atom is -0.480 e. The van der Waals surface area contributed by atoms with Gasteiger partial charge < -0.3 is 78.8 Å². The Kier molecular flexibility index (Phi) is 45.1. The summed E-state index contributed by atoms with van der Waals surface area (Å²) in [5, 5.41) is 30.9. The maximum absolute atomic E-state index is 14.1. The van der Waals surface area contributed by atoms with E-state index >= 15 is 0 Å². The summed E-state index contributed by atoms with van der Waals surface area (Å²) in [6.45, 7) is -1.91. The molecule has 0 saturated heterocycles. The van der Waals surface area contributed by atoms with Gasteiger partial charge in [0.05, 0.1) is 156 Å². The summed E-state index contributed by atoms with van der Waals surface area (Å²) in [7, 11) is 11.4. The molecule has 0 radical (unpaired) electrons. The van der Waals surface area contributed by atoms with Gasteiger partial charge in [-0.05, 0) is 13.8 Å². The molecule has 2 atom stereocenters. The van der Waals surface area contributed by atoms with Crippen molar-refractivity contribution in [3.05, 3.63) is 0 Å². The highest BCUT2D eigenvalue weighted by Crippen LogP contribution is 2.17. The average Bonchev–Trinajstić information content (AvgIpc) is 0.856. The number of carboxylic acids is 2. The van der Waals surface area contributed by atoms with Crippen LogP contribution < -0.4 is 21.3 Å². The number of nitrogens with zero attached hydrogens (tertiary/aromatic N) is 8. The second-order valence-electron chi connectivity index (χ2n) is 23.0. The van der Waals surface area contributed by atoms with Gasteiger partial charge in [-0.3, -0.25) is 111 Å². The molecule has 3 amide bonds. The Hall–Kier alpha value is -8.31. The zero-order valence-electron chi connectivity index (χ0n) is 58.6. The van der Waals surface area contributed by atoms with Crippen LogP contribution in [-0.2, 0) is 119 Å². The predicted octanol–water partition coefficient (Wildman–Crippen LogP) is -6.87. The highest BCUT2D eigenvalue weighted by atomic mass is 16.6. The van der Waals surface area contributed by atoms with Gasteiger partial charge in [0.2, 0.25) is 17.7 Å². The SMILES string of the molecule is COC(=O)CC(CC(=O)NCC(C)(CNC(=O)CN(CCN(CCN(CC(=O)O)CC(=O)OC)CC(=O)OC)CC(=O)OC)CNC(=O)CN(CCN(CCN(CC(=O)OC)C(C)(C)C(=O)O)CC(=O)OC)CC(=O)OC)NCN(CCN(CC(=O)OC)CC(=O)OC)CC(=O)OC. The summed E-state index contributed by atoms with van der Waals surface area (Å²) < 4.78 is 48.3. The summed E-state index contributed by atoms with van der Waals surface area (Å²) in [4.78, 5) is 202. The highest BCUT2D eigenvalue weighted by molar-refractivity contribution is 5.82. The van der Waals surface area contributed by atoms with E-state index in [9.17, 15) is 82.1 Å². The van der Waals surface area contributed by atoms with Gasteiger partial charge >= 0.3 is 71.6 Å². The molecule has 98 heavy (non-hydrogen) atoms. The van der Waals surface area contributed by atoms with Crippen molar-refractivity contribution in [1.82, 2.24) is 60.5 Å². The number of carbonyl (C=O) groups excluding carboxylic acids is 13. The molecule has 0 spiro atoms. The van der Waals surface area contributed by atoms with Crippen LogP contribution in [0.3, 0.4) is 0 Å². The lowest BCUT2D eigenvalue weighted by Crippen LogP contribution is -2.55. The lowest BCUT2D eigenvalue weighted by Gasteiger charge is -2.36. The number of methoxy groups -OCH3 is 10. The molecule has 0 aliphatic rings. The minimum absolute atomic E-state index is 0.000817. The van der Waals surface area contributed by atoms with E-state index in [-0.39, 0.29) is 137 Å². The number of esters is 10. The number of nitrogens with one attached hydrogen (secondary N) is 4. The van der Waals surface area contributed by atoms with Gasteiger partial charge in [-0.2, -0.15) is 0 Å². The fourth-order valence-electron chi connectivity index (χ4n) is 8.78. The number of aliphatic carboxylic acids is 2. The molecule has 560 valence electrons. The molecule has 0 aromatic rings. The Bertz CT molecular complexity index is 2580. The van der Waals surface area contributed by atoms with Gasteiger partial charge in [-0.15, -0.1) is 0 Å². The van der Waals surface area contributed by atoms with Crippen molar-refractivity contribution in [2.45, 2.75) is 45.2 Å². The van der Waals surface area contributed by atoms with Crippen molar-refractivity contribution >= 4 is 89.4 Å². The fourth-order valence-corrected chi connectivity index (χ4v) is 8.78. The zero-order chi connectivity index (χ0) is 74.6. The number of carboxylic acid groups (broad SMARTS) is 2. The number of hydrogen-bond acceptors (Lipinski definition) is 34. The number of ether oxygens (including phenoxy) is 10. The monoisotopic (exact) mass is 1410 g/mol. The minimum atomic E-state index is -1.58. The molecular formula is C59H102N12O27. The van der Waals surface area contributed by atoms with Crippen LogP contribution in [-0.4, -0.2) is 392 Å². The van der Waals surface area contributed by atoms with Crippen LogP contribution in [0.25, 0.3) is 0 Å². The maximum Gasteiger partial charge on any atom is 0.323 e. The maximum atomic E-state index is 14.1. The first kappa shape index (κ1) is 89.7. The Balaban J connectivity index is 7.25. The van der Waals surface area contributed by atoms with Gasteiger partial charge in [-0.1, -0.05) is 6.92 Å². The van der Waals surface area contributed by atoms with E-state index in [2.05, 4.69) is 21.3 Å². The van der Waals surface area contributed by atoms with Crippen LogP contribution in [0.1, 0.15) is 33.6 Å². The van der Waals surface area contributed by atoms with Crippen LogP contribution >= 0.6 is 0 Å². The third kappa shape index (κ3) is 40.4. The zero-order valence-corrected chi connectivity index (χ0v) is 58.6. The fraction of sp³-hybridized carbons (Fsp3) is 0.746. The number of hydrogen-bond donors (Lipinski definition) is 6. The topological polar surface area (TPSA) is 463 Å². The standard InChI is InChI=1S/C59H102N12O27/c1-58(2,57(87)88)71(37-56(86)98-13)23-22-65(30-49(79)91-6)15-18-67(32-51(81)93-8)27-45(74)62-40-59(3,39-61-44(73)26-66(31-50(80)92-7)17-14-64(29-48(78)90-5)16-19-68(28-46(75)76)33-52(82)94-9)38-60-43(72)24-42(25-47(77)89-4)63-41-70(36-55(85)97-12)21-20-69(34-53(83)95-10)35-54(84)96-11/h42,63H,14-41H2,1-13H3,(H,60,72)(H,61,73)(H,62,74)(H,75,76)(H,87,88). The lowest BCUT2D eigenvalue weighted by molar-refractivity contribution is -0.154. The molecule has 6 N–H and O–H groups in total. The Morgan fingerprint density at radius 1 is 0.316 bits per heavy atom. The normalized spacial score (nSPS) is 12.3. The summed E-state index contributed by atoms with van der Waals surface area (Å²) in [6, 6.07) is -0.984. The Morgan fingerprint density at radius 3 is 0.908 bits per heavy atom. The second kappa shape index (κ2) is 49.2. The average molecular weight is 1410 g/mol. The Morgan fingerprint density at radius 2 is 0.582 bits per heavy atom. The lowest BCUT2D eigenvalue weighted by atomic mass is 9.89. The van der Waals surface area contributed by atoms with E-state index in [0.29, 0.717) is 0 Å². The summed E-state index contributed by atoms with van der Waals surface area (Å²) in [5.74, 6) is -11.6. The van der Waals surface area contributed by atoms with Gasteiger partial charge in [0.1, 0.15) is 5.54 Å². The predicted molar refractivity (Wildman–Crippen MR) is 339 cm³/mol. The summed E-state index contributed by atoms with van der Waals surface area (Å²) in [6.07, 6.45) is -0.794. The van der Waals surface area contributed by atoms with Crippen molar-refractivity contribution in [1.29, 1.82) is 0 Å². The third-order valence-electron chi connectivity index (χ3n) is 15.0. The third-order valence-corrected chi connectivity index (χ3v) is 15.0. The van der Waals surface area contributed by atoms with Crippen molar-refractivity contribution in [2.75, 3.05) is 241 Å². The van der Waals surface area contributed by atoms with Crippen molar-refractivity contribution in [3.63, 3.8) is 0 Å². The van der Waals surface area contributed by atoms with Crippen LogP contribution in [0.5, 0.6) is 0 Å². The van der Waals surface area contributed by atoms with Gasteiger partial charge in [-0.25, -0.2) is 0 Å². The molecule has 0 fully saturated rings. The van der Waals surface area contributed by atoms with Crippen molar-refractivity contribution in [3.8, 4) is 0 Å². The summed E-state index contributed by atoms with van der Waals surface area (Å²) in [5.41, 5.74) is -2.89.